The lowest BCUT2D eigenvalue weighted by atomic mass is 9.39. The molecule has 5 rings (SSSR count). The minimum Gasteiger partial charge on any atom is -0.472 e. The SMILES string of the molecule is COC(=O)C[C@@H]1C(C)(C)[C@@H](OC(=O)C(C)C)[C@@]2(O)CC3=C4CC(=O)O[C@H](c5ccoc5)[C@@]4(C)CC[C@H]3[C@]1(C)C2=O. The zero-order valence-electron chi connectivity index (χ0n) is 24.4. The first-order valence-corrected chi connectivity index (χ1v) is 14.1. The highest BCUT2D eigenvalue weighted by atomic mass is 16.6. The molecule has 0 amide bonds. The van der Waals surface area contributed by atoms with Gasteiger partial charge in [-0.05, 0) is 36.3 Å². The third-order valence-corrected chi connectivity index (χ3v) is 10.5. The van der Waals surface area contributed by atoms with Gasteiger partial charge in [-0.3, -0.25) is 19.2 Å². The molecule has 1 N–H and O–H groups in total. The van der Waals surface area contributed by atoms with E-state index >= 15 is 0 Å². The molecule has 0 radical (unpaired) electrons. The van der Waals surface area contributed by atoms with Gasteiger partial charge in [0.1, 0.15) is 12.2 Å². The molecule has 40 heavy (non-hydrogen) atoms. The van der Waals surface area contributed by atoms with Gasteiger partial charge in [0, 0.05) is 34.7 Å². The first kappa shape index (κ1) is 28.6. The summed E-state index contributed by atoms with van der Waals surface area (Å²) in [6, 6.07) is 1.78. The number of cyclic esters (lactones) is 1. The minimum absolute atomic E-state index is 0.0402. The molecule has 3 aliphatic carbocycles. The highest BCUT2D eigenvalue weighted by molar-refractivity contribution is 5.98. The van der Waals surface area contributed by atoms with Gasteiger partial charge in [-0.15, -0.1) is 0 Å². The Morgan fingerprint density at radius 2 is 1.88 bits per heavy atom. The number of methoxy groups -OCH3 is 1. The summed E-state index contributed by atoms with van der Waals surface area (Å²) in [5, 5.41) is 12.4. The number of Topliss-reactive ketones (excluding diaryl/α,β-unsaturated/α-hetero) is 1. The van der Waals surface area contributed by atoms with E-state index in [4.69, 9.17) is 18.6 Å². The molecule has 3 fully saturated rings. The Labute approximate surface area is 234 Å². The van der Waals surface area contributed by atoms with Crippen LogP contribution in [-0.4, -0.2) is 47.6 Å². The van der Waals surface area contributed by atoms with Crippen molar-refractivity contribution in [2.24, 2.45) is 34.0 Å². The molecular formula is C31H40O9. The summed E-state index contributed by atoms with van der Waals surface area (Å²) in [5.41, 5.74) is -2.29. The number of ether oxygens (including phenoxy) is 3. The van der Waals surface area contributed by atoms with Crippen molar-refractivity contribution in [1.82, 2.24) is 0 Å². The van der Waals surface area contributed by atoms with Crippen molar-refractivity contribution >= 4 is 23.7 Å². The number of furan rings is 1. The highest BCUT2D eigenvalue weighted by Crippen LogP contribution is 2.69. The van der Waals surface area contributed by atoms with E-state index in [0.29, 0.717) is 12.8 Å². The summed E-state index contributed by atoms with van der Waals surface area (Å²) >= 11 is 0. The third-order valence-electron chi connectivity index (χ3n) is 10.5. The molecular weight excluding hydrogens is 516 g/mol. The van der Waals surface area contributed by atoms with Crippen LogP contribution in [0.1, 0.15) is 85.3 Å². The number of hydrogen-bond donors (Lipinski definition) is 1. The first-order valence-electron chi connectivity index (χ1n) is 14.1. The summed E-state index contributed by atoms with van der Waals surface area (Å²) < 4.78 is 22.2. The van der Waals surface area contributed by atoms with Gasteiger partial charge in [0.15, 0.2) is 11.4 Å². The van der Waals surface area contributed by atoms with Crippen molar-refractivity contribution in [3.05, 3.63) is 35.3 Å². The maximum Gasteiger partial charge on any atom is 0.310 e. The minimum atomic E-state index is -2.03. The summed E-state index contributed by atoms with van der Waals surface area (Å²) in [5.74, 6) is -3.21. The van der Waals surface area contributed by atoms with Crippen molar-refractivity contribution in [3.63, 3.8) is 0 Å². The number of rotatable bonds is 5. The molecule has 9 nitrogen and oxygen atoms in total. The number of carbonyl (C=O) groups excluding carboxylic acids is 4. The van der Waals surface area contributed by atoms with Gasteiger partial charge in [0.25, 0.3) is 0 Å². The number of carbonyl (C=O) groups is 4. The molecule has 4 aliphatic rings. The molecule has 1 aromatic heterocycles. The molecule has 1 aromatic rings. The molecule has 2 saturated carbocycles. The van der Waals surface area contributed by atoms with Crippen molar-refractivity contribution in [2.45, 2.75) is 91.5 Å². The smallest absolute Gasteiger partial charge is 0.310 e. The maximum absolute atomic E-state index is 14.5. The van der Waals surface area contributed by atoms with Crippen molar-refractivity contribution < 1.29 is 42.9 Å². The summed E-state index contributed by atoms with van der Waals surface area (Å²) in [6.45, 7) is 11.0. The second kappa shape index (κ2) is 9.29. The van der Waals surface area contributed by atoms with E-state index in [1.54, 1.807) is 32.4 Å². The van der Waals surface area contributed by atoms with Crippen LogP contribution in [-0.2, 0) is 33.4 Å². The van der Waals surface area contributed by atoms with Gasteiger partial charge in [0.2, 0.25) is 0 Å². The molecule has 0 aromatic carbocycles. The van der Waals surface area contributed by atoms with E-state index in [-0.39, 0.29) is 31.1 Å². The van der Waals surface area contributed by atoms with E-state index in [9.17, 15) is 24.3 Å². The monoisotopic (exact) mass is 556 g/mol. The van der Waals surface area contributed by atoms with Crippen LogP contribution in [0.4, 0.5) is 0 Å². The van der Waals surface area contributed by atoms with Crippen molar-refractivity contribution in [3.8, 4) is 0 Å². The lowest BCUT2D eigenvalue weighted by Gasteiger charge is -2.65. The summed E-state index contributed by atoms with van der Waals surface area (Å²) in [7, 11) is 1.30. The van der Waals surface area contributed by atoms with E-state index in [2.05, 4.69) is 6.92 Å². The van der Waals surface area contributed by atoms with E-state index in [0.717, 1.165) is 16.7 Å². The van der Waals surface area contributed by atoms with Gasteiger partial charge >= 0.3 is 17.9 Å². The number of esters is 3. The molecule has 9 heteroatoms. The largest absolute Gasteiger partial charge is 0.472 e. The Bertz CT molecular complexity index is 1270. The third kappa shape index (κ3) is 3.83. The fraction of sp³-hybridized carbons (Fsp3) is 0.677. The van der Waals surface area contributed by atoms with Crippen LogP contribution in [0.5, 0.6) is 0 Å². The highest BCUT2D eigenvalue weighted by Gasteiger charge is 2.74. The normalized spacial score (nSPS) is 38.3. The number of aliphatic hydroxyl groups is 1. The van der Waals surface area contributed by atoms with Crippen LogP contribution in [0.15, 0.2) is 34.2 Å². The quantitative estimate of drug-likeness (QED) is 0.317. The molecule has 7 atom stereocenters. The Kier molecular flexibility index (Phi) is 6.64. The second-order valence-electron chi connectivity index (χ2n) is 13.5. The number of ketones is 1. The van der Waals surface area contributed by atoms with Gasteiger partial charge in [-0.25, -0.2) is 0 Å². The molecule has 2 bridgehead atoms. The van der Waals surface area contributed by atoms with Gasteiger partial charge < -0.3 is 23.7 Å². The molecule has 218 valence electrons. The van der Waals surface area contributed by atoms with Gasteiger partial charge in [0.05, 0.1) is 32.0 Å². The lowest BCUT2D eigenvalue weighted by molar-refractivity contribution is -0.237. The molecule has 0 spiro atoms. The van der Waals surface area contributed by atoms with E-state index < -0.39 is 63.6 Å². The van der Waals surface area contributed by atoms with Crippen molar-refractivity contribution in [1.29, 1.82) is 0 Å². The predicted octanol–water partition coefficient (Wildman–Crippen LogP) is 4.48. The Morgan fingerprint density at radius 1 is 1.18 bits per heavy atom. The predicted molar refractivity (Wildman–Crippen MR) is 141 cm³/mol. The topological polar surface area (TPSA) is 129 Å². The van der Waals surface area contributed by atoms with Crippen LogP contribution in [0, 0.1) is 34.0 Å². The van der Waals surface area contributed by atoms with Crippen LogP contribution in [0.25, 0.3) is 0 Å². The zero-order chi connectivity index (χ0) is 29.4. The van der Waals surface area contributed by atoms with Crippen molar-refractivity contribution in [2.75, 3.05) is 7.11 Å². The van der Waals surface area contributed by atoms with Crippen LogP contribution in [0.3, 0.4) is 0 Å². The standard InChI is InChI=1S/C31H40O9/c1-16(2)25(34)40-27-28(3,4)21(13-22(32)37-7)30(6)19-8-10-29(5)20(18(19)14-31(27,36)26(30)35)12-23(33)39-24(29)17-9-11-38-15-17/h9,11,15-16,19,21,24,27,36H,8,10,12-14H2,1-7H3/t19-,21-,24-,27-,29+,30+,31-/m1/s1. The Hall–Kier alpha value is -2.94. The van der Waals surface area contributed by atoms with Gasteiger partial charge in [-0.1, -0.05) is 47.1 Å². The molecule has 0 unspecified atom stereocenters. The van der Waals surface area contributed by atoms with E-state index in [1.807, 2.05) is 20.8 Å². The Morgan fingerprint density at radius 3 is 2.48 bits per heavy atom. The van der Waals surface area contributed by atoms with Crippen LogP contribution < -0.4 is 0 Å². The number of hydrogen-bond acceptors (Lipinski definition) is 9. The lowest BCUT2D eigenvalue weighted by Crippen LogP contribution is -2.75. The van der Waals surface area contributed by atoms with E-state index in [1.165, 1.54) is 7.11 Å². The average Bonchev–Trinajstić information content (AvgIpc) is 3.42. The fourth-order valence-electron chi connectivity index (χ4n) is 8.56. The fourth-order valence-corrected chi connectivity index (χ4v) is 8.56. The summed E-state index contributed by atoms with van der Waals surface area (Å²) in [4.78, 5) is 53.2. The molecule has 1 saturated heterocycles. The summed E-state index contributed by atoms with van der Waals surface area (Å²) in [6.07, 6.45) is 2.49. The maximum atomic E-state index is 14.5. The second-order valence-corrected chi connectivity index (χ2v) is 13.5. The first-order chi connectivity index (χ1) is 18.6. The Balaban J connectivity index is 1.72. The molecule has 2 heterocycles. The van der Waals surface area contributed by atoms with Crippen LogP contribution >= 0.6 is 0 Å². The zero-order valence-corrected chi connectivity index (χ0v) is 24.4. The molecule has 1 aliphatic heterocycles. The number of fused-ring (bicyclic) bond motifs is 5. The van der Waals surface area contributed by atoms with Crippen LogP contribution in [0.2, 0.25) is 0 Å². The van der Waals surface area contributed by atoms with Gasteiger partial charge in [-0.2, -0.15) is 0 Å². The average molecular weight is 557 g/mol.